The van der Waals surface area contributed by atoms with Crippen molar-refractivity contribution in [2.24, 2.45) is 11.8 Å². The molecular weight excluding hydrogens is 366 g/mol. The van der Waals surface area contributed by atoms with Gasteiger partial charge >= 0.3 is 17.9 Å². The number of rotatable bonds is 7. The van der Waals surface area contributed by atoms with Crippen LogP contribution in [0.4, 0.5) is 5.69 Å². The molecule has 8 heteroatoms. The first kappa shape index (κ1) is 21.4. The second-order valence-electron chi connectivity index (χ2n) is 6.56. The molecular formula is C20H25NO7. The van der Waals surface area contributed by atoms with E-state index in [-0.39, 0.29) is 30.0 Å². The number of carbonyl (C=O) groups is 4. The molecule has 1 amide bonds. The summed E-state index contributed by atoms with van der Waals surface area (Å²) >= 11 is 0. The Morgan fingerprint density at radius 2 is 1.43 bits per heavy atom. The maximum atomic E-state index is 12.7. The zero-order chi connectivity index (χ0) is 20.7. The van der Waals surface area contributed by atoms with Crippen molar-refractivity contribution in [1.29, 1.82) is 0 Å². The van der Waals surface area contributed by atoms with Crippen LogP contribution in [0.2, 0.25) is 0 Å². The van der Waals surface area contributed by atoms with Crippen LogP contribution >= 0.6 is 0 Å². The number of carbonyl (C=O) groups excluding carboxylic acids is 3. The number of nitrogens with one attached hydrogen (secondary N) is 1. The molecule has 1 saturated carbocycles. The Balaban J connectivity index is 2.29. The fourth-order valence-corrected chi connectivity index (χ4v) is 3.34. The Kier molecular flexibility index (Phi) is 7.54. The third kappa shape index (κ3) is 5.31. The molecule has 152 valence electrons. The van der Waals surface area contributed by atoms with Gasteiger partial charge in [-0.3, -0.25) is 9.59 Å². The molecule has 0 heterocycles. The van der Waals surface area contributed by atoms with E-state index >= 15 is 0 Å². The van der Waals surface area contributed by atoms with Crippen LogP contribution in [0.25, 0.3) is 0 Å². The summed E-state index contributed by atoms with van der Waals surface area (Å²) in [4.78, 5) is 48.3. The summed E-state index contributed by atoms with van der Waals surface area (Å²) in [6.45, 7) is 3.63. The molecule has 0 saturated heterocycles. The lowest BCUT2D eigenvalue weighted by atomic mass is 9.78. The second kappa shape index (κ2) is 9.87. The normalized spacial score (nSPS) is 18.8. The van der Waals surface area contributed by atoms with Crippen molar-refractivity contribution in [3.05, 3.63) is 29.3 Å². The maximum Gasteiger partial charge on any atom is 0.338 e. The predicted molar refractivity (Wildman–Crippen MR) is 100 cm³/mol. The van der Waals surface area contributed by atoms with Gasteiger partial charge in [0.25, 0.3) is 0 Å². The smallest absolute Gasteiger partial charge is 0.338 e. The van der Waals surface area contributed by atoms with E-state index in [1.54, 1.807) is 13.8 Å². The van der Waals surface area contributed by atoms with Crippen molar-refractivity contribution in [2.45, 2.75) is 39.5 Å². The molecule has 1 aliphatic rings. The Labute approximate surface area is 163 Å². The van der Waals surface area contributed by atoms with Gasteiger partial charge in [-0.25, -0.2) is 9.59 Å². The van der Waals surface area contributed by atoms with Crippen LogP contribution < -0.4 is 5.32 Å². The van der Waals surface area contributed by atoms with E-state index in [9.17, 15) is 24.3 Å². The summed E-state index contributed by atoms with van der Waals surface area (Å²) in [5, 5.41) is 12.0. The number of esters is 2. The van der Waals surface area contributed by atoms with Crippen LogP contribution in [-0.4, -0.2) is 42.1 Å². The van der Waals surface area contributed by atoms with Gasteiger partial charge in [0.15, 0.2) is 0 Å². The standard InChI is InChI=1S/C20H25NO7/c1-3-27-19(25)12-9-13(20(26)28-4-2)11-14(10-12)21-17(22)15-7-5-6-8-16(15)18(23)24/h9-11,15-16H,3-8H2,1-2H3,(H,21,22)(H,23,24)/t15-,16-/m1/s1. The first-order valence-corrected chi connectivity index (χ1v) is 9.40. The van der Waals surface area contributed by atoms with Gasteiger partial charge in [-0.15, -0.1) is 0 Å². The topological polar surface area (TPSA) is 119 Å². The van der Waals surface area contributed by atoms with Gasteiger partial charge in [-0.05, 0) is 44.9 Å². The molecule has 0 bridgehead atoms. The van der Waals surface area contributed by atoms with Gasteiger partial charge < -0.3 is 19.9 Å². The lowest BCUT2D eigenvalue weighted by molar-refractivity contribution is -0.147. The van der Waals surface area contributed by atoms with Crippen LogP contribution in [0.1, 0.15) is 60.2 Å². The molecule has 8 nitrogen and oxygen atoms in total. The number of hydrogen-bond donors (Lipinski definition) is 2. The SMILES string of the molecule is CCOC(=O)c1cc(NC(=O)[C@@H]2CCCC[C@H]2C(=O)O)cc(C(=O)OCC)c1. The largest absolute Gasteiger partial charge is 0.481 e. The summed E-state index contributed by atoms with van der Waals surface area (Å²) in [7, 11) is 0. The van der Waals surface area contributed by atoms with E-state index in [0.29, 0.717) is 12.8 Å². The van der Waals surface area contributed by atoms with Gasteiger partial charge in [0, 0.05) is 5.69 Å². The first-order valence-electron chi connectivity index (χ1n) is 9.40. The molecule has 28 heavy (non-hydrogen) atoms. The number of carboxylic acids is 1. The Morgan fingerprint density at radius 1 is 0.929 bits per heavy atom. The summed E-state index contributed by atoms with van der Waals surface area (Å²) in [6, 6.07) is 4.14. The van der Waals surface area contributed by atoms with E-state index < -0.39 is 35.7 Å². The number of amides is 1. The fraction of sp³-hybridized carbons (Fsp3) is 0.500. The van der Waals surface area contributed by atoms with Crippen LogP contribution in [0, 0.1) is 11.8 Å². The maximum absolute atomic E-state index is 12.7. The first-order chi connectivity index (χ1) is 13.4. The van der Waals surface area contributed by atoms with E-state index in [2.05, 4.69) is 5.32 Å². The molecule has 1 aromatic carbocycles. The van der Waals surface area contributed by atoms with Gasteiger partial charge in [-0.2, -0.15) is 0 Å². The minimum absolute atomic E-state index is 0.0983. The molecule has 0 radical (unpaired) electrons. The highest BCUT2D eigenvalue weighted by Crippen LogP contribution is 2.31. The molecule has 1 aliphatic carbocycles. The lowest BCUT2D eigenvalue weighted by Gasteiger charge is -2.27. The molecule has 1 fully saturated rings. The predicted octanol–water partition coefficient (Wildman–Crippen LogP) is 2.87. The summed E-state index contributed by atoms with van der Waals surface area (Å²) in [5.41, 5.74) is 0.413. The van der Waals surface area contributed by atoms with Crippen molar-refractivity contribution in [3.8, 4) is 0 Å². The highest BCUT2D eigenvalue weighted by molar-refractivity contribution is 6.00. The number of anilines is 1. The summed E-state index contributed by atoms with van der Waals surface area (Å²) in [5.74, 6) is -4.11. The zero-order valence-electron chi connectivity index (χ0n) is 16.0. The fourth-order valence-electron chi connectivity index (χ4n) is 3.34. The number of carboxylic acid groups (broad SMARTS) is 1. The lowest BCUT2D eigenvalue weighted by Crippen LogP contribution is -2.36. The van der Waals surface area contributed by atoms with Crippen LogP contribution in [0.15, 0.2) is 18.2 Å². The summed E-state index contributed by atoms with van der Waals surface area (Å²) < 4.78 is 9.93. The minimum Gasteiger partial charge on any atom is -0.481 e. The molecule has 2 N–H and O–H groups in total. The average Bonchev–Trinajstić information content (AvgIpc) is 2.68. The van der Waals surface area contributed by atoms with Gasteiger partial charge in [-0.1, -0.05) is 12.8 Å². The third-order valence-corrected chi connectivity index (χ3v) is 4.64. The molecule has 0 aromatic heterocycles. The Hall–Kier alpha value is -2.90. The number of aliphatic carboxylic acids is 1. The Bertz CT molecular complexity index is 723. The zero-order valence-corrected chi connectivity index (χ0v) is 16.0. The number of ether oxygens (including phenoxy) is 2. The molecule has 2 atom stereocenters. The van der Waals surface area contributed by atoms with E-state index in [1.165, 1.54) is 18.2 Å². The number of benzene rings is 1. The van der Waals surface area contributed by atoms with Crippen molar-refractivity contribution in [1.82, 2.24) is 0 Å². The highest BCUT2D eigenvalue weighted by atomic mass is 16.5. The van der Waals surface area contributed by atoms with Crippen molar-refractivity contribution < 1.29 is 33.8 Å². The van der Waals surface area contributed by atoms with Gasteiger partial charge in [0.2, 0.25) is 5.91 Å². The van der Waals surface area contributed by atoms with Crippen molar-refractivity contribution >= 4 is 29.5 Å². The van der Waals surface area contributed by atoms with Gasteiger partial charge in [0.1, 0.15) is 0 Å². The highest BCUT2D eigenvalue weighted by Gasteiger charge is 2.35. The van der Waals surface area contributed by atoms with E-state index in [4.69, 9.17) is 9.47 Å². The number of hydrogen-bond acceptors (Lipinski definition) is 6. The van der Waals surface area contributed by atoms with E-state index in [1.807, 2.05) is 0 Å². The monoisotopic (exact) mass is 391 g/mol. The van der Waals surface area contributed by atoms with Crippen LogP contribution in [0.3, 0.4) is 0 Å². The quantitative estimate of drug-likeness (QED) is 0.686. The van der Waals surface area contributed by atoms with Gasteiger partial charge in [0.05, 0.1) is 36.2 Å². The van der Waals surface area contributed by atoms with Crippen LogP contribution in [-0.2, 0) is 19.1 Å². The molecule has 0 unspecified atom stereocenters. The third-order valence-electron chi connectivity index (χ3n) is 4.64. The molecule has 0 aliphatic heterocycles. The van der Waals surface area contributed by atoms with Crippen LogP contribution in [0.5, 0.6) is 0 Å². The van der Waals surface area contributed by atoms with E-state index in [0.717, 1.165) is 12.8 Å². The Morgan fingerprint density at radius 3 is 1.89 bits per heavy atom. The summed E-state index contributed by atoms with van der Waals surface area (Å²) in [6.07, 6.45) is 2.47. The molecule has 1 aromatic rings. The molecule has 2 rings (SSSR count). The minimum atomic E-state index is -0.993. The van der Waals surface area contributed by atoms with Crippen molar-refractivity contribution in [3.63, 3.8) is 0 Å². The average molecular weight is 391 g/mol. The van der Waals surface area contributed by atoms with Crippen molar-refractivity contribution in [2.75, 3.05) is 18.5 Å². The second-order valence-corrected chi connectivity index (χ2v) is 6.56. The molecule has 0 spiro atoms.